The van der Waals surface area contributed by atoms with E-state index >= 15 is 0 Å². The van der Waals surface area contributed by atoms with Gasteiger partial charge in [0.2, 0.25) is 0 Å². The van der Waals surface area contributed by atoms with Crippen molar-refractivity contribution in [3.05, 3.63) is 59.8 Å². The highest BCUT2D eigenvalue weighted by molar-refractivity contribution is 6.16. The Labute approximate surface area is 166 Å². The number of amides is 1. The molecule has 1 aliphatic heterocycles. The third-order valence-corrected chi connectivity index (χ3v) is 5.36. The number of carbonyl (C=O) groups excluding carboxylic acids is 1. The van der Waals surface area contributed by atoms with Crippen LogP contribution in [0.25, 0.3) is 0 Å². The van der Waals surface area contributed by atoms with Crippen molar-refractivity contribution >= 4 is 17.6 Å². The van der Waals surface area contributed by atoms with Crippen molar-refractivity contribution in [1.82, 2.24) is 9.88 Å². The monoisotopic (exact) mass is 402 g/mol. The van der Waals surface area contributed by atoms with Crippen LogP contribution in [0.4, 0.5) is 19.0 Å². The molecule has 1 aromatic heterocycles. The summed E-state index contributed by atoms with van der Waals surface area (Å²) in [6.07, 6.45) is -1.86. The minimum absolute atomic E-state index is 0.0416. The lowest BCUT2D eigenvalue weighted by atomic mass is 10.1. The minimum atomic E-state index is -4.94. The second-order valence-electron chi connectivity index (χ2n) is 7.41. The molecular formula is C21H21F3N4O. The molecule has 5 nitrogen and oxygen atoms in total. The molecule has 4 rings (SSSR count). The van der Waals surface area contributed by atoms with Crippen LogP contribution in [0.2, 0.25) is 0 Å². The number of carbonyl (C=O) groups is 1. The first-order chi connectivity index (χ1) is 13.8. The molecule has 1 saturated carbocycles. The van der Waals surface area contributed by atoms with Crippen LogP contribution < -0.4 is 5.32 Å². The van der Waals surface area contributed by atoms with Gasteiger partial charge in [-0.3, -0.25) is 9.69 Å². The van der Waals surface area contributed by atoms with Crippen molar-refractivity contribution in [2.75, 3.05) is 5.32 Å². The SMILES string of the molecule is Cc1cccc(N[C@@]2(C(F)(F)F)N=C(c3ccccc3)N(C3CCCC3)C2=O)n1. The number of aliphatic imine (C=N–C) groups is 1. The fourth-order valence-electron chi connectivity index (χ4n) is 3.96. The number of alkyl halides is 3. The van der Waals surface area contributed by atoms with Gasteiger partial charge >= 0.3 is 11.8 Å². The van der Waals surface area contributed by atoms with Crippen LogP contribution in [0.1, 0.15) is 36.9 Å². The van der Waals surface area contributed by atoms with E-state index in [0.29, 0.717) is 24.1 Å². The summed E-state index contributed by atoms with van der Waals surface area (Å²) in [4.78, 5) is 22.7. The van der Waals surface area contributed by atoms with Crippen LogP contribution in [0.15, 0.2) is 53.5 Å². The van der Waals surface area contributed by atoms with Crippen molar-refractivity contribution in [2.45, 2.75) is 50.5 Å². The van der Waals surface area contributed by atoms with Crippen LogP contribution in [0, 0.1) is 6.92 Å². The number of anilines is 1. The number of hydrogen-bond acceptors (Lipinski definition) is 4. The summed E-state index contributed by atoms with van der Waals surface area (Å²) < 4.78 is 43.1. The summed E-state index contributed by atoms with van der Waals surface area (Å²) in [5, 5.41) is 2.32. The van der Waals surface area contributed by atoms with E-state index in [9.17, 15) is 18.0 Å². The first-order valence-corrected chi connectivity index (χ1v) is 9.59. The van der Waals surface area contributed by atoms with E-state index in [0.717, 1.165) is 12.8 Å². The van der Waals surface area contributed by atoms with E-state index in [1.165, 1.54) is 11.0 Å². The summed E-state index contributed by atoms with van der Waals surface area (Å²) in [5.74, 6) is -1.08. The summed E-state index contributed by atoms with van der Waals surface area (Å²) >= 11 is 0. The third kappa shape index (κ3) is 3.36. The van der Waals surface area contributed by atoms with Gasteiger partial charge in [0.05, 0.1) is 0 Å². The smallest absolute Gasteiger partial charge is 0.331 e. The van der Waals surface area contributed by atoms with Gasteiger partial charge < -0.3 is 5.32 Å². The lowest BCUT2D eigenvalue weighted by Crippen LogP contribution is -2.59. The lowest BCUT2D eigenvalue weighted by molar-refractivity contribution is -0.185. The maximum atomic E-state index is 14.4. The van der Waals surface area contributed by atoms with Gasteiger partial charge in [-0.2, -0.15) is 13.2 Å². The molecule has 2 aromatic rings. The normalized spacial score (nSPS) is 22.8. The molecule has 152 valence electrons. The van der Waals surface area contributed by atoms with Crippen LogP contribution >= 0.6 is 0 Å². The van der Waals surface area contributed by atoms with Crippen LogP contribution in [-0.2, 0) is 4.79 Å². The molecule has 0 spiro atoms. The van der Waals surface area contributed by atoms with E-state index in [1.54, 1.807) is 49.4 Å². The molecule has 1 aliphatic carbocycles. The van der Waals surface area contributed by atoms with Crippen molar-refractivity contribution < 1.29 is 18.0 Å². The molecule has 0 saturated heterocycles. The summed E-state index contributed by atoms with van der Waals surface area (Å²) in [6, 6.07) is 12.9. The van der Waals surface area contributed by atoms with Crippen LogP contribution in [-0.4, -0.2) is 39.5 Å². The highest BCUT2D eigenvalue weighted by atomic mass is 19.4. The number of hydrogen-bond donors (Lipinski definition) is 1. The molecule has 0 radical (unpaired) electrons. The fraction of sp³-hybridized carbons (Fsp3) is 0.381. The van der Waals surface area contributed by atoms with Crippen LogP contribution in [0.5, 0.6) is 0 Å². The number of aromatic nitrogens is 1. The molecule has 1 atom stereocenters. The average molecular weight is 402 g/mol. The second-order valence-corrected chi connectivity index (χ2v) is 7.41. The summed E-state index contributed by atoms with van der Waals surface area (Å²) in [6.45, 7) is 1.67. The molecular weight excluding hydrogens is 381 g/mol. The van der Waals surface area contributed by atoms with Gasteiger partial charge in [-0.15, -0.1) is 0 Å². The first-order valence-electron chi connectivity index (χ1n) is 9.59. The number of rotatable bonds is 4. The number of nitrogens with one attached hydrogen (secondary N) is 1. The predicted octanol–water partition coefficient (Wildman–Crippen LogP) is 4.29. The second kappa shape index (κ2) is 7.17. The van der Waals surface area contributed by atoms with Crippen molar-refractivity contribution in [2.24, 2.45) is 4.99 Å². The molecule has 1 amide bonds. The Bertz CT molecular complexity index is 938. The standard InChI is InChI=1S/C21H21F3N4O/c1-14-8-7-13-17(25-14)26-20(21(22,23)24)19(29)28(16-11-5-6-12-16)18(27-20)15-9-3-2-4-10-15/h2-4,7-10,13,16H,5-6,11-12H2,1H3,(H,25,26)/t20-/m1/s1. The maximum Gasteiger partial charge on any atom is 0.442 e. The molecule has 0 bridgehead atoms. The number of pyridine rings is 1. The van der Waals surface area contributed by atoms with E-state index in [2.05, 4.69) is 15.3 Å². The predicted molar refractivity (Wildman–Crippen MR) is 103 cm³/mol. The Balaban J connectivity index is 1.85. The molecule has 1 fully saturated rings. The van der Waals surface area contributed by atoms with Crippen molar-refractivity contribution in [3.63, 3.8) is 0 Å². The van der Waals surface area contributed by atoms with E-state index < -0.39 is 17.7 Å². The molecule has 29 heavy (non-hydrogen) atoms. The highest BCUT2D eigenvalue weighted by Gasteiger charge is 2.67. The molecule has 8 heteroatoms. The minimum Gasteiger partial charge on any atom is -0.331 e. The summed E-state index contributed by atoms with van der Waals surface area (Å²) in [7, 11) is 0. The summed E-state index contributed by atoms with van der Waals surface area (Å²) in [5.41, 5.74) is -2.07. The zero-order chi connectivity index (χ0) is 20.6. The zero-order valence-corrected chi connectivity index (χ0v) is 15.9. The number of halogens is 3. The quantitative estimate of drug-likeness (QED) is 0.830. The molecule has 2 aliphatic rings. The fourth-order valence-corrected chi connectivity index (χ4v) is 3.96. The molecule has 0 unspecified atom stereocenters. The van der Waals surface area contributed by atoms with E-state index in [-0.39, 0.29) is 17.7 Å². The molecule has 1 aromatic carbocycles. The van der Waals surface area contributed by atoms with Gasteiger partial charge in [-0.25, -0.2) is 9.98 Å². The lowest BCUT2D eigenvalue weighted by Gasteiger charge is -2.31. The third-order valence-electron chi connectivity index (χ3n) is 5.36. The number of benzene rings is 1. The maximum absolute atomic E-state index is 14.4. The highest BCUT2D eigenvalue weighted by Crippen LogP contribution is 2.42. The molecule has 2 heterocycles. The van der Waals surface area contributed by atoms with Gasteiger partial charge in [0, 0.05) is 17.3 Å². The van der Waals surface area contributed by atoms with Crippen LogP contribution in [0.3, 0.4) is 0 Å². The number of amidine groups is 1. The molecule has 1 N–H and O–H groups in total. The van der Waals surface area contributed by atoms with Gasteiger partial charge in [-0.1, -0.05) is 49.2 Å². The Morgan fingerprint density at radius 2 is 1.76 bits per heavy atom. The first kappa shape index (κ1) is 19.4. The Morgan fingerprint density at radius 3 is 2.38 bits per heavy atom. The van der Waals surface area contributed by atoms with Crippen molar-refractivity contribution in [3.8, 4) is 0 Å². The van der Waals surface area contributed by atoms with Crippen molar-refractivity contribution in [1.29, 1.82) is 0 Å². The van der Waals surface area contributed by atoms with E-state index in [1.807, 2.05) is 0 Å². The van der Waals surface area contributed by atoms with Gasteiger partial charge in [-0.05, 0) is 31.9 Å². The van der Waals surface area contributed by atoms with Gasteiger partial charge in [0.1, 0.15) is 11.7 Å². The number of aryl methyl sites for hydroxylation is 1. The Kier molecular flexibility index (Phi) is 4.80. The topological polar surface area (TPSA) is 57.6 Å². The van der Waals surface area contributed by atoms with Gasteiger partial charge in [0.25, 0.3) is 5.91 Å². The Morgan fingerprint density at radius 1 is 1.07 bits per heavy atom. The number of nitrogens with zero attached hydrogens (tertiary/aromatic N) is 3. The van der Waals surface area contributed by atoms with E-state index in [4.69, 9.17) is 0 Å². The zero-order valence-electron chi connectivity index (χ0n) is 15.9. The Hall–Kier alpha value is -2.90. The van der Waals surface area contributed by atoms with Gasteiger partial charge in [0.15, 0.2) is 0 Å². The largest absolute Gasteiger partial charge is 0.442 e. The average Bonchev–Trinajstić information content (AvgIpc) is 3.29.